The van der Waals surface area contributed by atoms with Gasteiger partial charge in [0.05, 0.1) is 23.3 Å². The fraction of sp³-hybridized carbons (Fsp3) is 0.294. The van der Waals surface area contributed by atoms with Gasteiger partial charge < -0.3 is 10.2 Å². The third-order valence-electron chi connectivity index (χ3n) is 3.66. The highest BCUT2D eigenvalue weighted by atomic mass is 35.5. The Bertz CT molecular complexity index is 581. The minimum Gasteiger partial charge on any atom is -0.396 e. The lowest BCUT2D eigenvalue weighted by atomic mass is 9.78. The van der Waals surface area contributed by atoms with Crippen LogP contribution in [0.3, 0.4) is 0 Å². The number of hydrogen-bond acceptors (Lipinski definition) is 2. The van der Waals surface area contributed by atoms with Crippen molar-refractivity contribution >= 4 is 23.2 Å². The van der Waals surface area contributed by atoms with Crippen LogP contribution in [-0.2, 0) is 12.8 Å². The van der Waals surface area contributed by atoms with Crippen LogP contribution in [0.2, 0.25) is 10.0 Å². The second-order valence-corrected chi connectivity index (χ2v) is 6.22. The summed E-state index contributed by atoms with van der Waals surface area (Å²) in [5.41, 5.74) is 1.42. The quantitative estimate of drug-likeness (QED) is 0.849. The molecule has 2 aromatic rings. The number of rotatable bonds is 6. The fourth-order valence-corrected chi connectivity index (χ4v) is 2.77. The number of aliphatic hydroxyl groups is 2. The van der Waals surface area contributed by atoms with Crippen LogP contribution < -0.4 is 0 Å². The van der Waals surface area contributed by atoms with Crippen molar-refractivity contribution in [2.24, 2.45) is 5.41 Å². The predicted molar refractivity (Wildman–Crippen MR) is 86.9 cm³/mol. The summed E-state index contributed by atoms with van der Waals surface area (Å²) in [6, 6.07) is 15.2. The lowest BCUT2D eigenvalue weighted by Gasteiger charge is -2.30. The first-order chi connectivity index (χ1) is 10.1. The highest BCUT2D eigenvalue weighted by molar-refractivity contribution is 6.42. The summed E-state index contributed by atoms with van der Waals surface area (Å²) in [5, 5.41) is 20.6. The van der Waals surface area contributed by atoms with Gasteiger partial charge >= 0.3 is 0 Å². The van der Waals surface area contributed by atoms with Gasteiger partial charge in [-0.2, -0.15) is 0 Å². The van der Waals surface area contributed by atoms with Gasteiger partial charge in [-0.15, -0.1) is 0 Å². The maximum Gasteiger partial charge on any atom is 0.0595 e. The molecule has 0 spiro atoms. The second kappa shape index (κ2) is 7.28. The molecule has 0 aliphatic carbocycles. The molecule has 0 atom stereocenters. The topological polar surface area (TPSA) is 40.5 Å². The summed E-state index contributed by atoms with van der Waals surface area (Å²) in [6.45, 7) is -0.197. The van der Waals surface area contributed by atoms with Crippen LogP contribution in [0.1, 0.15) is 11.1 Å². The van der Waals surface area contributed by atoms with Crippen molar-refractivity contribution in [2.45, 2.75) is 12.8 Å². The normalized spacial score (nSPS) is 11.6. The van der Waals surface area contributed by atoms with E-state index in [1.54, 1.807) is 12.1 Å². The van der Waals surface area contributed by atoms with Crippen molar-refractivity contribution in [3.8, 4) is 0 Å². The molecule has 0 bridgehead atoms. The summed E-state index contributed by atoms with van der Waals surface area (Å²) in [7, 11) is 0. The molecule has 2 N–H and O–H groups in total. The van der Waals surface area contributed by atoms with Crippen LogP contribution >= 0.6 is 23.2 Å². The van der Waals surface area contributed by atoms with E-state index in [4.69, 9.17) is 23.2 Å². The maximum absolute atomic E-state index is 9.80. The van der Waals surface area contributed by atoms with Crippen molar-refractivity contribution in [3.63, 3.8) is 0 Å². The first-order valence-electron chi connectivity index (χ1n) is 6.78. The molecule has 0 aromatic heterocycles. The van der Waals surface area contributed by atoms with Gasteiger partial charge in [-0.3, -0.25) is 0 Å². The van der Waals surface area contributed by atoms with Gasteiger partial charge in [0.25, 0.3) is 0 Å². The van der Waals surface area contributed by atoms with Gasteiger partial charge in [0, 0.05) is 5.41 Å². The molecule has 4 heteroatoms. The second-order valence-electron chi connectivity index (χ2n) is 5.40. The van der Waals surface area contributed by atoms with Gasteiger partial charge in [-0.05, 0) is 36.1 Å². The van der Waals surface area contributed by atoms with E-state index < -0.39 is 5.41 Å². The molecular formula is C17H18Cl2O2. The molecule has 0 radical (unpaired) electrons. The molecule has 0 heterocycles. The van der Waals surface area contributed by atoms with Gasteiger partial charge in [0.2, 0.25) is 0 Å². The molecular weight excluding hydrogens is 307 g/mol. The molecule has 0 unspecified atom stereocenters. The minimum absolute atomic E-state index is 0.0986. The van der Waals surface area contributed by atoms with Crippen LogP contribution in [0.15, 0.2) is 48.5 Å². The van der Waals surface area contributed by atoms with Gasteiger partial charge in [-0.1, -0.05) is 59.6 Å². The van der Waals surface area contributed by atoms with Crippen LogP contribution in [0, 0.1) is 5.41 Å². The molecule has 0 aliphatic rings. The average molecular weight is 325 g/mol. The average Bonchev–Trinajstić information content (AvgIpc) is 2.51. The van der Waals surface area contributed by atoms with Crippen LogP contribution in [0.5, 0.6) is 0 Å². The smallest absolute Gasteiger partial charge is 0.0595 e. The van der Waals surface area contributed by atoms with Crippen LogP contribution in [0.4, 0.5) is 0 Å². The Kier molecular flexibility index (Phi) is 5.65. The molecule has 112 valence electrons. The SMILES string of the molecule is OCC(CO)(Cc1ccccc1)Cc1ccc(Cl)c(Cl)c1. The summed E-state index contributed by atoms with van der Waals surface area (Å²) >= 11 is 12.0. The third kappa shape index (κ3) is 4.21. The zero-order valence-corrected chi connectivity index (χ0v) is 13.1. The van der Waals surface area contributed by atoms with E-state index >= 15 is 0 Å². The van der Waals surface area contributed by atoms with E-state index in [2.05, 4.69) is 0 Å². The number of benzene rings is 2. The van der Waals surface area contributed by atoms with E-state index in [-0.39, 0.29) is 13.2 Å². The lowest BCUT2D eigenvalue weighted by Crippen LogP contribution is -2.34. The van der Waals surface area contributed by atoms with Crippen molar-refractivity contribution in [1.82, 2.24) is 0 Å². The molecule has 0 saturated heterocycles. The van der Waals surface area contributed by atoms with E-state index in [9.17, 15) is 10.2 Å². The fourth-order valence-electron chi connectivity index (χ4n) is 2.45. The van der Waals surface area contributed by atoms with Crippen molar-refractivity contribution < 1.29 is 10.2 Å². The van der Waals surface area contributed by atoms with Crippen LogP contribution in [0.25, 0.3) is 0 Å². The van der Waals surface area contributed by atoms with Gasteiger partial charge in [0.15, 0.2) is 0 Å². The Hall–Kier alpha value is -1.06. The molecule has 0 saturated carbocycles. The maximum atomic E-state index is 9.80. The first-order valence-corrected chi connectivity index (χ1v) is 7.54. The van der Waals surface area contributed by atoms with Crippen molar-refractivity contribution in [2.75, 3.05) is 13.2 Å². The standard InChI is InChI=1S/C17H18Cl2O2/c18-15-7-6-14(8-16(15)19)10-17(11-20,12-21)9-13-4-2-1-3-5-13/h1-8,20-21H,9-12H2. The lowest BCUT2D eigenvalue weighted by molar-refractivity contribution is 0.0548. The molecule has 0 aliphatic heterocycles. The molecule has 2 nitrogen and oxygen atoms in total. The van der Waals surface area contributed by atoms with Crippen LogP contribution in [-0.4, -0.2) is 23.4 Å². The van der Waals surface area contributed by atoms with Gasteiger partial charge in [-0.25, -0.2) is 0 Å². The van der Waals surface area contributed by atoms with E-state index in [1.165, 1.54) is 0 Å². The molecule has 2 aromatic carbocycles. The van der Waals surface area contributed by atoms with Crippen molar-refractivity contribution in [1.29, 1.82) is 0 Å². The Morgan fingerprint density at radius 3 is 1.95 bits per heavy atom. The largest absolute Gasteiger partial charge is 0.396 e. The van der Waals surface area contributed by atoms with E-state index in [0.717, 1.165) is 11.1 Å². The van der Waals surface area contributed by atoms with E-state index in [1.807, 2.05) is 36.4 Å². The highest BCUT2D eigenvalue weighted by Gasteiger charge is 2.29. The summed E-state index contributed by atoms with van der Waals surface area (Å²) < 4.78 is 0. The van der Waals surface area contributed by atoms with Gasteiger partial charge in [0.1, 0.15) is 0 Å². The number of halogens is 2. The number of hydrogen-bond donors (Lipinski definition) is 2. The Labute approximate surface area is 135 Å². The molecule has 0 amide bonds. The minimum atomic E-state index is -0.613. The zero-order chi connectivity index (χ0) is 15.3. The Morgan fingerprint density at radius 2 is 1.38 bits per heavy atom. The summed E-state index contributed by atoms with van der Waals surface area (Å²) in [4.78, 5) is 0. The Morgan fingerprint density at radius 1 is 0.762 bits per heavy atom. The molecule has 21 heavy (non-hydrogen) atoms. The van der Waals surface area contributed by atoms with Crippen molar-refractivity contribution in [3.05, 3.63) is 69.7 Å². The summed E-state index contributed by atoms with van der Waals surface area (Å²) in [5.74, 6) is 0. The first kappa shape index (κ1) is 16.3. The molecule has 0 fully saturated rings. The zero-order valence-electron chi connectivity index (χ0n) is 11.6. The highest BCUT2D eigenvalue weighted by Crippen LogP contribution is 2.30. The number of aliphatic hydroxyl groups excluding tert-OH is 2. The summed E-state index contributed by atoms with van der Waals surface area (Å²) in [6.07, 6.45) is 1.13. The predicted octanol–water partition coefficient (Wildman–Crippen LogP) is 3.75. The van der Waals surface area contributed by atoms with E-state index in [0.29, 0.717) is 22.9 Å². The molecule has 2 rings (SSSR count). The monoisotopic (exact) mass is 324 g/mol. The third-order valence-corrected chi connectivity index (χ3v) is 4.39. The Balaban J connectivity index is 2.23.